The molecule has 102 valence electrons. The monoisotopic (exact) mass is 268 g/mol. The SMILES string of the molecule is CC1(C)O[C@@H]2[C@@H]3C[C@H]([C@@H]2O1)[C@@]1(O[Si](C)(C)C)C[C@@H]31. The first-order chi connectivity index (χ1) is 8.22. The van der Waals surface area contributed by atoms with Gasteiger partial charge in [-0.1, -0.05) is 0 Å². The maximum absolute atomic E-state index is 6.57. The molecule has 4 aliphatic rings. The minimum absolute atomic E-state index is 0.181. The second-order valence-corrected chi connectivity index (χ2v) is 12.5. The molecule has 3 aliphatic carbocycles. The van der Waals surface area contributed by atoms with Crippen molar-refractivity contribution >= 4 is 8.32 Å². The highest BCUT2D eigenvalue weighted by Crippen LogP contribution is 2.73. The molecule has 4 fully saturated rings. The highest BCUT2D eigenvalue weighted by Gasteiger charge is 2.78. The van der Waals surface area contributed by atoms with Crippen LogP contribution in [0.4, 0.5) is 0 Å². The van der Waals surface area contributed by atoms with Crippen LogP contribution in [-0.2, 0) is 13.9 Å². The molecule has 0 radical (unpaired) electrons. The summed E-state index contributed by atoms with van der Waals surface area (Å²) in [4.78, 5) is 0. The van der Waals surface area contributed by atoms with Crippen LogP contribution in [0.1, 0.15) is 26.7 Å². The van der Waals surface area contributed by atoms with Crippen LogP contribution in [0, 0.1) is 17.8 Å². The third-order valence-corrected chi connectivity index (χ3v) is 6.15. The Morgan fingerprint density at radius 1 is 1.06 bits per heavy atom. The molecule has 0 spiro atoms. The topological polar surface area (TPSA) is 27.7 Å². The van der Waals surface area contributed by atoms with Crippen molar-refractivity contribution in [2.24, 2.45) is 17.8 Å². The van der Waals surface area contributed by atoms with Gasteiger partial charge in [0, 0.05) is 5.92 Å². The lowest BCUT2D eigenvalue weighted by Crippen LogP contribution is -2.45. The van der Waals surface area contributed by atoms with Crippen LogP contribution in [0.2, 0.25) is 19.6 Å². The Labute approximate surface area is 110 Å². The van der Waals surface area contributed by atoms with Crippen LogP contribution in [0.15, 0.2) is 0 Å². The Morgan fingerprint density at radius 3 is 2.39 bits per heavy atom. The van der Waals surface area contributed by atoms with Gasteiger partial charge in [0.15, 0.2) is 14.1 Å². The quantitative estimate of drug-likeness (QED) is 0.721. The van der Waals surface area contributed by atoms with Gasteiger partial charge in [0.1, 0.15) is 0 Å². The molecule has 0 aromatic rings. The Morgan fingerprint density at radius 2 is 1.72 bits per heavy atom. The van der Waals surface area contributed by atoms with E-state index in [1.54, 1.807) is 0 Å². The predicted molar refractivity (Wildman–Crippen MR) is 70.7 cm³/mol. The maximum Gasteiger partial charge on any atom is 0.184 e. The van der Waals surface area contributed by atoms with E-state index in [4.69, 9.17) is 13.9 Å². The van der Waals surface area contributed by atoms with Crippen molar-refractivity contribution in [2.75, 3.05) is 0 Å². The molecular weight excluding hydrogens is 244 g/mol. The number of rotatable bonds is 2. The van der Waals surface area contributed by atoms with Crippen LogP contribution in [0.3, 0.4) is 0 Å². The van der Waals surface area contributed by atoms with E-state index in [1.807, 2.05) is 13.8 Å². The van der Waals surface area contributed by atoms with Gasteiger partial charge >= 0.3 is 0 Å². The third kappa shape index (κ3) is 1.41. The highest BCUT2D eigenvalue weighted by atomic mass is 28.4. The van der Waals surface area contributed by atoms with Crippen LogP contribution >= 0.6 is 0 Å². The van der Waals surface area contributed by atoms with Gasteiger partial charge in [-0.05, 0) is 58.2 Å². The van der Waals surface area contributed by atoms with E-state index in [0.29, 0.717) is 24.0 Å². The molecule has 6 atom stereocenters. The second-order valence-electron chi connectivity index (χ2n) is 8.05. The Bertz CT molecular complexity index is 402. The van der Waals surface area contributed by atoms with Crippen molar-refractivity contribution in [3.8, 4) is 0 Å². The van der Waals surface area contributed by atoms with Crippen molar-refractivity contribution < 1.29 is 13.9 Å². The average molecular weight is 268 g/mol. The lowest BCUT2D eigenvalue weighted by molar-refractivity contribution is -0.161. The van der Waals surface area contributed by atoms with E-state index < -0.39 is 8.32 Å². The van der Waals surface area contributed by atoms with Gasteiger partial charge in [-0.3, -0.25) is 0 Å². The summed E-state index contributed by atoms with van der Waals surface area (Å²) in [6.45, 7) is 11.0. The largest absolute Gasteiger partial charge is 0.411 e. The summed E-state index contributed by atoms with van der Waals surface area (Å²) in [7, 11) is -1.47. The van der Waals surface area contributed by atoms with Crippen LogP contribution in [0.25, 0.3) is 0 Å². The van der Waals surface area contributed by atoms with Gasteiger partial charge in [-0.2, -0.15) is 0 Å². The molecule has 0 aromatic heterocycles. The van der Waals surface area contributed by atoms with Gasteiger partial charge in [0.2, 0.25) is 0 Å². The molecule has 0 amide bonds. The van der Waals surface area contributed by atoms with Gasteiger partial charge in [-0.15, -0.1) is 0 Å². The average Bonchev–Trinajstić information content (AvgIpc) is 2.51. The first kappa shape index (κ1) is 11.9. The standard InChI is InChI=1S/C14H24O3Si/c1-13(2)15-11-8-6-9(12(11)16-13)14(7-10(8)14)17-18(3,4)5/h8-12H,6-7H2,1-5H3/t8-,9-,10+,11-,12+,14+/m1/s1. The van der Waals surface area contributed by atoms with Crippen molar-refractivity contribution in [1.82, 2.24) is 0 Å². The van der Waals surface area contributed by atoms with Crippen LogP contribution in [0.5, 0.6) is 0 Å². The molecule has 1 heterocycles. The summed E-state index contributed by atoms with van der Waals surface area (Å²) in [6.07, 6.45) is 3.16. The summed E-state index contributed by atoms with van der Waals surface area (Å²) in [5.74, 6) is 1.65. The normalized spacial score (nSPS) is 55.5. The van der Waals surface area contributed by atoms with Gasteiger partial charge in [-0.25, -0.2) is 0 Å². The van der Waals surface area contributed by atoms with Crippen molar-refractivity contribution in [3.05, 3.63) is 0 Å². The van der Waals surface area contributed by atoms with Crippen molar-refractivity contribution in [3.63, 3.8) is 0 Å². The van der Waals surface area contributed by atoms with E-state index in [-0.39, 0.29) is 11.4 Å². The zero-order valence-corrected chi connectivity index (χ0v) is 13.0. The molecule has 0 N–H and O–H groups in total. The maximum atomic E-state index is 6.57. The van der Waals surface area contributed by atoms with Gasteiger partial charge < -0.3 is 13.9 Å². The van der Waals surface area contributed by atoms with Crippen LogP contribution in [-0.4, -0.2) is 31.9 Å². The molecule has 0 aromatic carbocycles. The fraction of sp³-hybridized carbons (Fsp3) is 1.00. The van der Waals surface area contributed by atoms with Crippen LogP contribution < -0.4 is 0 Å². The predicted octanol–water partition coefficient (Wildman–Crippen LogP) is 2.77. The van der Waals surface area contributed by atoms with Crippen molar-refractivity contribution in [1.29, 1.82) is 0 Å². The molecule has 4 rings (SSSR count). The van der Waals surface area contributed by atoms with E-state index in [2.05, 4.69) is 19.6 Å². The molecule has 3 saturated carbocycles. The molecule has 2 bridgehead atoms. The fourth-order valence-electron chi connectivity index (χ4n) is 4.88. The molecule has 3 nitrogen and oxygen atoms in total. The smallest absolute Gasteiger partial charge is 0.184 e. The second kappa shape index (κ2) is 3.05. The zero-order valence-electron chi connectivity index (χ0n) is 12.0. The molecule has 0 unspecified atom stereocenters. The highest BCUT2D eigenvalue weighted by molar-refractivity contribution is 6.69. The van der Waals surface area contributed by atoms with E-state index >= 15 is 0 Å². The fourth-order valence-corrected chi connectivity index (χ4v) is 6.41. The van der Waals surface area contributed by atoms with E-state index in [1.165, 1.54) is 12.8 Å². The van der Waals surface area contributed by atoms with E-state index in [0.717, 1.165) is 5.92 Å². The van der Waals surface area contributed by atoms with Crippen molar-refractivity contribution in [2.45, 2.75) is 69.9 Å². The minimum Gasteiger partial charge on any atom is -0.411 e. The summed E-state index contributed by atoms with van der Waals surface area (Å²) in [5, 5.41) is 0. The molecular formula is C14H24O3Si. The van der Waals surface area contributed by atoms with Gasteiger partial charge in [0.05, 0.1) is 17.8 Å². The third-order valence-electron chi connectivity index (χ3n) is 5.16. The Balaban J connectivity index is 1.61. The lowest BCUT2D eigenvalue weighted by atomic mass is 9.92. The summed E-state index contributed by atoms with van der Waals surface area (Å²) < 4.78 is 18.8. The first-order valence-corrected chi connectivity index (χ1v) is 10.7. The van der Waals surface area contributed by atoms with E-state index in [9.17, 15) is 0 Å². The number of fused-ring (bicyclic) bond motifs is 8. The number of ether oxygens (including phenoxy) is 2. The summed E-state index contributed by atoms with van der Waals surface area (Å²) in [5.41, 5.74) is 0.181. The molecule has 1 aliphatic heterocycles. The zero-order chi connectivity index (χ0) is 12.9. The lowest BCUT2D eigenvalue weighted by Gasteiger charge is -2.34. The number of hydrogen-bond donors (Lipinski definition) is 0. The number of hydrogen-bond acceptors (Lipinski definition) is 3. The minimum atomic E-state index is -1.47. The Hall–Kier alpha value is 0.0969. The molecule has 1 saturated heterocycles. The first-order valence-electron chi connectivity index (χ1n) is 7.28. The van der Waals surface area contributed by atoms with Gasteiger partial charge in [0.25, 0.3) is 0 Å². The summed E-state index contributed by atoms with van der Waals surface area (Å²) >= 11 is 0. The molecule has 4 heteroatoms. The summed E-state index contributed by atoms with van der Waals surface area (Å²) in [6, 6.07) is 0. The Kier molecular flexibility index (Phi) is 2.02. The molecule has 18 heavy (non-hydrogen) atoms.